The van der Waals surface area contributed by atoms with Crippen molar-refractivity contribution >= 4 is 16.6 Å². The molecule has 0 aliphatic heterocycles. The number of rotatable bonds is 1. The van der Waals surface area contributed by atoms with Crippen LogP contribution in [-0.4, -0.2) is 9.91 Å². The highest BCUT2D eigenvalue weighted by Crippen LogP contribution is 2.18. The number of H-pyrrole nitrogens is 1. The van der Waals surface area contributed by atoms with Crippen molar-refractivity contribution in [2.45, 2.75) is 0 Å². The molecular formula is C8H5N2O2. The maximum atomic E-state index is 10.4. The van der Waals surface area contributed by atoms with Gasteiger partial charge in [0.25, 0.3) is 5.69 Å². The van der Waals surface area contributed by atoms with Gasteiger partial charge in [-0.2, -0.15) is 0 Å². The fourth-order valence-corrected chi connectivity index (χ4v) is 1.09. The van der Waals surface area contributed by atoms with E-state index in [-0.39, 0.29) is 5.69 Å². The molecule has 0 amide bonds. The average Bonchev–Trinajstić information content (AvgIpc) is 2.49. The minimum absolute atomic E-state index is 0.107. The van der Waals surface area contributed by atoms with Gasteiger partial charge in [0.05, 0.1) is 11.1 Å². The first-order valence-corrected chi connectivity index (χ1v) is 3.40. The maximum absolute atomic E-state index is 10.4. The molecule has 1 aromatic carbocycles. The summed E-state index contributed by atoms with van der Waals surface area (Å²) in [6.45, 7) is 0. The Kier molecular flexibility index (Phi) is 1.33. The molecule has 1 N–H and O–H groups in total. The van der Waals surface area contributed by atoms with E-state index in [1.807, 2.05) is 0 Å². The lowest BCUT2D eigenvalue weighted by molar-refractivity contribution is -0.384. The summed E-state index contributed by atoms with van der Waals surface area (Å²) in [5, 5.41) is 11.2. The van der Waals surface area contributed by atoms with Gasteiger partial charge in [0.15, 0.2) is 0 Å². The lowest BCUT2D eigenvalue weighted by atomic mass is 10.2. The van der Waals surface area contributed by atoms with Crippen molar-refractivity contribution in [2.24, 2.45) is 0 Å². The fourth-order valence-electron chi connectivity index (χ4n) is 1.09. The second-order valence-electron chi connectivity index (χ2n) is 2.44. The molecule has 0 unspecified atom stereocenters. The summed E-state index contributed by atoms with van der Waals surface area (Å²) in [6.07, 6.45) is 2.76. The molecule has 0 aliphatic rings. The topological polar surface area (TPSA) is 58.9 Å². The number of nitro benzene ring substituents is 1. The molecule has 1 aromatic heterocycles. The second kappa shape index (κ2) is 2.34. The van der Waals surface area contributed by atoms with Crippen LogP contribution in [0.25, 0.3) is 10.9 Å². The molecule has 2 rings (SSSR count). The van der Waals surface area contributed by atoms with Gasteiger partial charge in [0, 0.05) is 23.0 Å². The molecule has 12 heavy (non-hydrogen) atoms. The van der Waals surface area contributed by atoms with E-state index in [4.69, 9.17) is 0 Å². The van der Waals surface area contributed by atoms with Gasteiger partial charge in [-0.15, -0.1) is 0 Å². The molecular weight excluding hydrogens is 156 g/mol. The summed E-state index contributed by atoms with van der Waals surface area (Å²) in [4.78, 5) is 12.8. The Morgan fingerprint density at radius 3 is 3.08 bits per heavy atom. The SMILES string of the molecule is O=[N+]([O-])c1ccc2[nH][c]cc2c1. The molecule has 0 atom stereocenters. The second-order valence-corrected chi connectivity index (χ2v) is 2.44. The average molecular weight is 161 g/mol. The van der Waals surface area contributed by atoms with Crippen molar-refractivity contribution in [1.29, 1.82) is 0 Å². The number of nitrogens with one attached hydrogen (secondary N) is 1. The predicted molar refractivity (Wildman–Crippen MR) is 43.8 cm³/mol. The molecule has 59 valence electrons. The number of nitrogens with zero attached hydrogens (tertiary/aromatic N) is 1. The van der Waals surface area contributed by atoms with Crippen LogP contribution >= 0.6 is 0 Å². The highest BCUT2D eigenvalue weighted by atomic mass is 16.6. The quantitative estimate of drug-likeness (QED) is 0.512. The Morgan fingerprint density at radius 1 is 1.50 bits per heavy atom. The van der Waals surface area contributed by atoms with Crippen LogP contribution in [-0.2, 0) is 0 Å². The summed E-state index contributed by atoms with van der Waals surface area (Å²) in [6, 6.07) is 6.33. The first-order valence-electron chi connectivity index (χ1n) is 3.40. The number of aromatic nitrogens is 1. The number of nitro groups is 1. The lowest BCUT2D eigenvalue weighted by Crippen LogP contribution is -1.86. The van der Waals surface area contributed by atoms with Crippen LogP contribution in [0.1, 0.15) is 0 Å². The Labute approximate surface area is 68.0 Å². The predicted octanol–water partition coefficient (Wildman–Crippen LogP) is 1.88. The summed E-state index contributed by atoms with van der Waals surface area (Å²) >= 11 is 0. The smallest absolute Gasteiger partial charge is 0.270 e. The zero-order valence-corrected chi connectivity index (χ0v) is 6.07. The van der Waals surface area contributed by atoms with E-state index < -0.39 is 4.92 Å². The van der Waals surface area contributed by atoms with Crippen LogP contribution in [0.15, 0.2) is 24.3 Å². The van der Waals surface area contributed by atoms with Crippen molar-refractivity contribution in [3.05, 3.63) is 40.6 Å². The third kappa shape index (κ3) is 0.934. The maximum Gasteiger partial charge on any atom is 0.270 e. The zero-order chi connectivity index (χ0) is 8.55. The van der Waals surface area contributed by atoms with Crippen LogP contribution in [0.3, 0.4) is 0 Å². The van der Waals surface area contributed by atoms with Gasteiger partial charge in [-0.3, -0.25) is 10.1 Å². The van der Waals surface area contributed by atoms with Crippen LogP contribution < -0.4 is 0 Å². The number of hydrogen-bond acceptors (Lipinski definition) is 2. The molecule has 0 spiro atoms. The van der Waals surface area contributed by atoms with E-state index in [1.165, 1.54) is 12.1 Å². The monoisotopic (exact) mass is 161 g/mol. The highest BCUT2D eigenvalue weighted by Gasteiger charge is 2.05. The first kappa shape index (κ1) is 6.84. The minimum Gasteiger partial charge on any atom is -0.353 e. The Hall–Kier alpha value is -1.84. The van der Waals surface area contributed by atoms with Gasteiger partial charge in [-0.05, 0) is 12.1 Å². The van der Waals surface area contributed by atoms with Crippen molar-refractivity contribution < 1.29 is 4.92 Å². The Morgan fingerprint density at radius 2 is 2.33 bits per heavy atom. The Balaban J connectivity index is 2.68. The first-order chi connectivity index (χ1) is 5.77. The third-order valence-corrected chi connectivity index (χ3v) is 1.68. The summed E-state index contributed by atoms with van der Waals surface area (Å²) in [5.74, 6) is 0. The van der Waals surface area contributed by atoms with E-state index in [2.05, 4.69) is 11.2 Å². The molecule has 4 heteroatoms. The number of hydrogen-bond donors (Lipinski definition) is 1. The molecule has 0 fully saturated rings. The van der Waals surface area contributed by atoms with Gasteiger partial charge in [-0.25, -0.2) is 0 Å². The molecule has 4 nitrogen and oxygen atoms in total. The molecule has 0 saturated carbocycles. The minimum atomic E-state index is -0.410. The third-order valence-electron chi connectivity index (χ3n) is 1.68. The van der Waals surface area contributed by atoms with Crippen LogP contribution in [0.2, 0.25) is 0 Å². The number of aromatic amines is 1. The zero-order valence-electron chi connectivity index (χ0n) is 6.07. The number of fused-ring (bicyclic) bond motifs is 1. The van der Waals surface area contributed by atoms with E-state index >= 15 is 0 Å². The van der Waals surface area contributed by atoms with Gasteiger partial charge < -0.3 is 4.98 Å². The van der Waals surface area contributed by atoms with Crippen molar-refractivity contribution in [1.82, 2.24) is 4.98 Å². The summed E-state index contributed by atoms with van der Waals surface area (Å²) in [5.41, 5.74) is 0.969. The summed E-state index contributed by atoms with van der Waals surface area (Å²) < 4.78 is 0. The van der Waals surface area contributed by atoms with Gasteiger partial charge in [0.2, 0.25) is 0 Å². The largest absolute Gasteiger partial charge is 0.353 e. The van der Waals surface area contributed by atoms with Crippen molar-refractivity contribution in [2.75, 3.05) is 0 Å². The van der Waals surface area contributed by atoms with E-state index in [1.54, 1.807) is 12.1 Å². The molecule has 1 radical (unpaired) electrons. The molecule has 2 aromatic rings. The highest BCUT2D eigenvalue weighted by molar-refractivity contribution is 5.81. The van der Waals surface area contributed by atoms with E-state index in [0.717, 1.165) is 10.9 Å². The van der Waals surface area contributed by atoms with Crippen LogP contribution in [0, 0.1) is 16.3 Å². The van der Waals surface area contributed by atoms with Gasteiger partial charge >= 0.3 is 0 Å². The number of benzene rings is 1. The van der Waals surface area contributed by atoms with Crippen molar-refractivity contribution in [3.63, 3.8) is 0 Å². The van der Waals surface area contributed by atoms with E-state index in [9.17, 15) is 10.1 Å². The molecule has 1 heterocycles. The lowest BCUT2D eigenvalue weighted by Gasteiger charge is -1.90. The van der Waals surface area contributed by atoms with Crippen molar-refractivity contribution in [3.8, 4) is 0 Å². The normalized spacial score (nSPS) is 10.3. The van der Waals surface area contributed by atoms with Crippen LogP contribution in [0.5, 0.6) is 0 Å². The molecule has 0 saturated heterocycles. The van der Waals surface area contributed by atoms with E-state index in [0.29, 0.717) is 0 Å². The van der Waals surface area contributed by atoms with Gasteiger partial charge in [-0.1, -0.05) is 0 Å². The van der Waals surface area contributed by atoms with Gasteiger partial charge in [0.1, 0.15) is 0 Å². The van der Waals surface area contributed by atoms with Crippen LogP contribution in [0.4, 0.5) is 5.69 Å². The Bertz CT molecular complexity index is 433. The molecule has 0 bridgehead atoms. The fraction of sp³-hybridized carbons (Fsp3) is 0. The standard InChI is InChI=1S/C8H5N2O2/c11-10(12)7-1-2-8-6(5-7)3-4-9-8/h1-3,5,9H. The molecule has 0 aliphatic carbocycles. The number of non-ortho nitro benzene ring substituents is 1. The summed E-state index contributed by atoms with van der Waals surface area (Å²) in [7, 11) is 0.